The van der Waals surface area contributed by atoms with Crippen LogP contribution < -0.4 is 9.47 Å². The van der Waals surface area contributed by atoms with E-state index in [0.29, 0.717) is 11.3 Å². The maximum Gasteiger partial charge on any atom is 0.519 e. The quantitative estimate of drug-likeness (QED) is 0.567. The maximum atomic E-state index is 12.4. The SMILES string of the molecule is CCOC(=O)c1cc(C(C)(C)C)cc(C)c1OC(=O)Oc1ccccc1. The number of hydrogen-bond donors (Lipinski definition) is 0. The van der Waals surface area contributed by atoms with E-state index >= 15 is 0 Å². The third-order valence-corrected chi connectivity index (χ3v) is 3.77. The molecule has 2 aromatic carbocycles. The molecule has 0 aliphatic heterocycles. The predicted molar refractivity (Wildman–Crippen MR) is 98.9 cm³/mol. The van der Waals surface area contributed by atoms with Crippen molar-refractivity contribution in [2.75, 3.05) is 6.61 Å². The molecule has 0 fully saturated rings. The number of aryl methyl sites for hydroxylation is 1. The first-order valence-corrected chi connectivity index (χ1v) is 8.49. The molecule has 0 atom stereocenters. The average Bonchev–Trinajstić information content (AvgIpc) is 2.56. The number of benzene rings is 2. The summed E-state index contributed by atoms with van der Waals surface area (Å²) >= 11 is 0. The first kappa shape index (κ1) is 19.5. The molecule has 5 heteroatoms. The van der Waals surface area contributed by atoms with Crippen molar-refractivity contribution in [3.8, 4) is 11.5 Å². The van der Waals surface area contributed by atoms with Crippen LogP contribution in [-0.2, 0) is 10.2 Å². The van der Waals surface area contributed by atoms with E-state index in [1.807, 2.05) is 32.9 Å². The molecule has 0 spiro atoms. The molecule has 2 rings (SSSR count). The van der Waals surface area contributed by atoms with Crippen LogP contribution in [0.25, 0.3) is 0 Å². The number of carbonyl (C=O) groups excluding carboxylic acids is 2. The maximum absolute atomic E-state index is 12.4. The minimum absolute atomic E-state index is 0.150. The van der Waals surface area contributed by atoms with Crippen LogP contribution in [0, 0.1) is 6.92 Å². The number of esters is 1. The molecular weight excluding hydrogens is 332 g/mol. The molecule has 0 N–H and O–H groups in total. The molecule has 0 heterocycles. The summed E-state index contributed by atoms with van der Waals surface area (Å²) < 4.78 is 15.6. The van der Waals surface area contributed by atoms with Crippen LogP contribution in [0.5, 0.6) is 11.5 Å². The van der Waals surface area contributed by atoms with E-state index in [2.05, 4.69) is 0 Å². The number of ether oxygens (including phenoxy) is 3. The Kier molecular flexibility index (Phi) is 6.03. The normalized spacial score (nSPS) is 11.0. The van der Waals surface area contributed by atoms with Gasteiger partial charge in [-0.15, -0.1) is 0 Å². The molecule has 138 valence electrons. The van der Waals surface area contributed by atoms with Gasteiger partial charge in [0.1, 0.15) is 11.3 Å². The molecule has 0 aliphatic rings. The van der Waals surface area contributed by atoms with Crippen molar-refractivity contribution in [2.24, 2.45) is 0 Å². The van der Waals surface area contributed by atoms with Crippen molar-refractivity contribution in [3.05, 3.63) is 59.2 Å². The molecular formula is C21H24O5. The Morgan fingerprint density at radius 1 is 1.00 bits per heavy atom. The number of rotatable bonds is 4. The number of carbonyl (C=O) groups is 2. The van der Waals surface area contributed by atoms with Gasteiger partial charge in [0.15, 0.2) is 5.75 Å². The molecule has 26 heavy (non-hydrogen) atoms. The number of hydrogen-bond acceptors (Lipinski definition) is 5. The van der Waals surface area contributed by atoms with Gasteiger partial charge >= 0.3 is 12.1 Å². The summed E-state index contributed by atoms with van der Waals surface area (Å²) in [5.74, 6) is -0.0271. The fourth-order valence-corrected chi connectivity index (χ4v) is 2.39. The standard InChI is InChI=1S/C21H24O5/c1-6-24-19(22)17-13-15(21(3,4)5)12-14(2)18(17)26-20(23)25-16-10-8-7-9-11-16/h7-13H,6H2,1-5H3. The lowest BCUT2D eigenvalue weighted by Crippen LogP contribution is -2.19. The van der Waals surface area contributed by atoms with Crippen molar-refractivity contribution in [2.45, 2.75) is 40.0 Å². The molecule has 0 radical (unpaired) electrons. The van der Waals surface area contributed by atoms with Crippen molar-refractivity contribution in [1.29, 1.82) is 0 Å². The highest BCUT2D eigenvalue weighted by molar-refractivity contribution is 5.94. The van der Waals surface area contributed by atoms with E-state index in [-0.39, 0.29) is 23.3 Å². The monoisotopic (exact) mass is 356 g/mol. The summed E-state index contributed by atoms with van der Waals surface area (Å²) in [5.41, 5.74) is 1.64. The highest BCUT2D eigenvalue weighted by atomic mass is 16.7. The summed E-state index contributed by atoms with van der Waals surface area (Å²) in [6.07, 6.45) is -0.909. The van der Waals surface area contributed by atoms with Gasteiger partial charge in [-0.3, -0.25) is 0 Å². The predicted octanol–water partition coefficient (Wildman–Crippen LogP) is 5.05. The van der Waals surface area contributed by atoms with Gasteiger partial charge in [-0.25, -0.2) is 9.59 Å². The zero-order chi connectivity index (χ0) is 19.3. The fourth-order valence-electron chi connectivity index (χ4n) is 2.39. The van der Waals surface area contributed by atoms with Gasteiger partial charge in [0.25, 0.3) is 0 Å². The Labute approximate surface area is 153 Å². The minimum atomic E-state index is -0.909. The third-order valence-electron chi connectivity index (χ3n) is 3.77. The summed E-state index contributed by atoms with van der Waals surface area (Å²) in [4.78, 5) is 24.5. The Morgan fingerprint density at radius 2 is 1.65 bits per heavy atom. The highest BCUT2D eigenvalue weighted by Crippen LogP contribution is 2.32. The Morgan fingerprint density at radius 3 is 2.23 bits per heavy atom. The van der Waals surface area contributed by atoms with Gasteiger partial charge in [-0.05, 0) is 48.6 Å². The number of para-hydroxylation sites is 1. The van der Waals surface area contributed by atoms with Crippen LogP contribution >= 0.6 is 0 Å². The molecule has 0 aliphatic carbocycles. The van der Waals surface area contributed by atoms with E-state index in [1.165, 1.54) is 0 Å². The summed E-state index contributed by atoms with van der Waals surface area (Å²) in [6.45, 7) is 9.86. The van der Waals surface area contributed by atoms with E-state index in [9.17, 15) is 9.59 Å². The van der Waals surface area contributed by atoms with E-state index in [0.717, 1.165) is 5.56 Å². The average molecular weight is 356 g/mol. The molecule has 0 saturated carbocycles. The van der Waals surface area contributed by atoms with Gasteiger partial charge in [0, 0.05) is 0 Å². The van der Waals surface area contributed by atoms with Crippen molar-refractivity contribution in [3.63, 3.8) is 0 Å². The second-order valence-electron chi connectivity index (χ2n) is 6.91. The molecule has 2 aromatic rings. The van der Waals surface area contributed by atoms with Crippen LogP contribution in [0.3, 0.4) is 0 Å². The van der Waals surface area contributed by atoms with Gasteiger partial charge in [0.2, 0.25) is 0 Å². The largest absolute Gasteiger partial charge is 0.519 e. The van der Waals surface area contributed by atoms with Crippen LogP contribution in [0.1, 0.15) is 49.2 Å². The van der Waals surface area contributed by atoms with Gasteiger partial charge in [-0.2, -0.15) is 0 Å². The van der Waals surface area contributed by atoms with E-state index in [4.69, 9.17) is 14.2 Å². The second kappa shape index (κ2) is 8.04. The fraction of sp³-hybridized carbons (Fsp3) is 0.333. The summed E-state index contributed by atoms with van der Waals surface area (Å²) in [5, 5.41) is 0. The smallest absolute Gasteiger partial charge is 0.462 e. The highest BCUT2D eigenvalue weighted by Gasteiger charge is 2.24. The zero-order valence-electron chi connectivity index (χ0n) is 15.8. The molecule has 0 saturated heterocycles. The van der Waals surface area contributed by atoms with Crippen molar-refractivity contribution < 1.29 is 23.8 Å². The van der Waals surface area contributed by atoms with Crippen LogP contribution in [0.2, 0.25) is 0 Å². The van der Waals surface area contributed by atoms with E-state index in [1.54, 1.807) is 44.2 Å². The lowest BCUT2D eigenvalue weighted by Gasteiger charge is -2.22. The molecule has 5 nitrogen and oxygen atoms in total. The van der Waals surface area contributed by atoms with Crippen molar-refractivity contribution >= 4 is 12.1 Å². The van der Waals surface area contributed by atoms with Gasteiger partial charge < -0.3 is 14.2 Å². The lowest BCUT2D eigenvalue weighted by molar-refractivity contribution is 0.0522. The van der Waals surface area contributed by atoms with Crippen LogP contribution in [0.15, 0.2) is 42.5 Å². The third kappa shape index (κ3) is 4.85. The minimum Gasteiger partial charge on any atom is -0.462 e. The van der Waals surface area contributed by atoms with E-state index < -0.39 is 12.1 Å². The molecule has 0 aromatic heterocycles. The first-order chi connectivity index (χ1) is 12.2. The Bertz CT molecular complexity index is 788. The molecule has 0 amide bonds. The Balaban J connectivity index is 2.36. The Hall–Kier alpha value is -2.82. The second-order valence-corrected chi connectivity index (χ2v) is 6.91. The molecule has 0 unspecified atom stereocenters. The topological polar surface area (TPSA) is 61.8 Å². The van der Waals surface area contributed by atoms with Crippen LogP contribution in [0.4, 0.5) is 4.79 Å². The lowest BCUT2D eigenvalue weighted by atomic mass is 9.85. The van der Waals surface area contributed by atoms with Gasteiger partial charge in [0.05, 0.1) is 6.61 Å². The summed E-state index contributed by atoms with van der Waals surface area (Å²) in [7, 11) is 0. The van der Waals surface area contributed by atoms with Crippen molar-refractivity contribution in [1.82, 2.24) is 0 Å². The van der Waals surface area contributed by atoms with Gasteiger partial charge in [-0.1, -0.05) is 45.0 Å². The van der Waals surface area contributed by atoms with Crippen LogP contribution in [-0.4, -0.2) is 18.7 Å². The summed E-state index contributed by atoms with van der Waals surface area (Å²) in [6, 6.07) is 12.2. The first-order valence-electron chi connectivity index (χ1n) is 8.49. The molecule has 0 bridgehead atoms. The zero-order valence-corrected chi connectivity index (χ0v) is 15.8.